The number of ether oxygens (including phenoxy) is 2. The van der Waals surface area contributed by atoms with Crippen LogP contribution in [0.2, 0.25) is 5.02 Å². The Morgan fingerprint density at radius 2 is 1.84 bits per heavy atom. The van der Waals surface area contributed by atoms with Gasteiger partial charge in [-0.25, -0.2) is 0 Å². The van der Waals surface area contributed by atoms with Crippen LogP contribution in [0.25, 0.3) is 0 Å². The molecule has 1 heterocycles. The minimum absolute atomic E-state index is 0.263. The molecule has 2 N–H and O–H groups in total. The highest BCUT2D eigenvalue weighted by Gasteiger charge is 2.72. The molecule has 158 valence electrons. The SMILES string of the molecule is CCOc1ccc2c(c1)O[C@@]1(c3ccc(Cl)cc3)[C@H](c3ccccc3)CC(=NO)[C@@]21O. The van der Waals surface area contributed by atoms with Crippen molar-refractivity contribution in [2.75, 3.05) is 6.61 Å². The molecule has 5 rings (SSSR count). The van der Waals surface area contributed by atoms with Gasteiger partial charge < -0.3 is 19.8 Å². The van der Waals surface area contributed by atoms with Gasteiger partial charge in [0.2, 0.25) is 0 Å². The summed E-state index contributed by atoms with van der Waals surface area (Å²) in [5.41, 5.74) is -0.339. The first-order chi connectivity index (χ1) is 15.0. The Hall–Kier alpha value is -3.02. The third-order valence-electron chi connectivity index (χ3n) is 6.36. The van der Waals surface area contributed by atoms with E-state index in [1.54, 1.807) is 30.3 Å². The molecule has 3 aromatic rings. The van der Waals surface area contributed by atoms with Gasteiger partial charge in [-0.3, -0.25) is 0 Å². The Morgan fingerprint density at radius 3 is 2.52 bits per heavy atom. The van der Waals surface area contributed by atoms with Crippen molar-refractivity contribution in [3.05, 3.63) is 94.5 Å². The van der Waals surface area contributed by atoms with E-state index in [0.717, 1.165) is 11.1 Å². The van der Waals surface area contributed by atoms with Crippen molar-refractivity contribution < 1.29 is 19.8 Å². The van der Waals surface area contributed by atoms with Crippen molar-refractivity contribution in [2.45, 2.75) is 30.5 Å². The third kappa shape index (κ3) is 2.70. The molecular formula is C25H22ClNO4. The first kappa shape index (κ1) is 19.9. The summed E-state index contributed by atoms with van der Waals surface area (Å²) >= 11 is 6.16. The zero-order valence-corrected chi connectivity index (χ0v) is 17.7. The molecule has 1 aliphatic carbocycles. The smallest absolute Gasteiger partial charge is 0.179 e. The molecule has 3 aromatic carbocycles. The first-order valence-corrected chi connectivity index (χ1v) is 10.6. The molecule has 2 aliphatic rings. The topological polar surface area (TPSA) is 71.3 Å². The second-order valence-electron chi connectivity index (χ2n) is 7.86. The largest absolute Gasteiger partial charge is 0.494 e. The van der Waals surface area contributed by atoms with E-state index in [1.807, 2.05) is 49.4 Å². The number of nitrogens with zero attached hydrogens (tertiary/aromatic N) is 1. The lowest BCUT2D eigenvalue weighted by atomic mass is 9.71. The average molecular weight is 436 g/mol. The highest BCUT2D eigenvalue weighted by atomic mass is 35.5. The van der Waals surface area contributed by atoms with E-state index >= 15 is 0 Å². The summed E-state index contributed by atoms with van der Waals surface area (Å²) in [5, 5.41) is 26.4. The number of hydrogen-bond donors (Lipinski definition) is 2. The van der Waals surface area contributed by atoms with Crippen LogP contribution in [0.3, 0.4) is 0 Å². The maximum Gasteiger partial charge on any atom is 0.179 e. The minimum atomic E-state index is -1.66. The molecule has 1 saturated carbocycles. The molecular weight excluding hydrogens is 414 g/mol. The highest BCUT2D eigenvalue weighted by molar-refractivity contribution is 6.30. The van der Waals surface area contributed by atoms with Crippen LogP contribution >= 0.6 is 11.6 Å². The molecule has 1 aliphatic heterocycles. The van der Waals surface area contributed by atoms with Crippen LogP contribution in [0, 0.1) is 0 Å². The van der Waals surface area contributed by atoms with Crippen LogP contribution in [0.1, 0.15) is 36.0 Å². The minimum Gasteiger partial charge on any atom is -0.494 e. The van der Waals surface area contributed by atoms with Crippen LogP contribution < -0.4 is 9.47 Å². The van der Waals surface area contributed by atoms with Gasteiger partial charge in [-0.05, 0) is 42.3 Å². The van der Waals surface area contributed by atoms with Gasteiger partial charge in [0, 0.05) is 29.0 Å². The number of benzene rings is 3. The summed E-state index contributed by atoms with van der Waals surface area (Å²) in [6.45, 7) is 2.43. The van der Waals surface area contributed by atoms with Crippen molar-refractivity contribution in [3.63, 3.8) is 0 Å². The van der Waals surface area contributed by atoms with Crippen LogP contribution in [-0.4, -0.2) is 22.6 Å². The summed E-state index contributed by atoms with van der Waals surface area (Å²) in [4.78, 5) is 0. The number of aliphatic hydroxyl groups is 1. The molecule has 0 amide bonds. The van der Waals surface area contributed by atoms with Gasteiger partial charge in [-0.15, -0.1) is 0 Å². The van der Waals surface area contributed by atoms with E-state index in [-0.39, 0.29) is 11.6 Å². The predicted octanol–water partition coefficient (Wildman–Crippen LogP) is 5.23. The van der Waals surface area contributed by atoms with E-state index < -0.39 is 11.2 Å². The molecule has 1 fully saturated rings. The first-order valence-electron chi connectivity index (χ1n) is 10.3. The Bertz CT molecular complexity index is 1150. The Morgan fingerprint density at radius 1 is 1.10 bits per heavy atom. The Balaban J connectivity index is 1.79. The molecule has 0 bridgehead atoms. The van der Waals surface area contributed by atoms with Gasteiger partial charge in [0.1, 0.15) is 11.5 Å². The van der Waals surface area contributed by atoms with Gasteiger partial charge in [0.15, 0.2) is 11.2 Å². The summed E-state index contributed by atoms with van der Waals surface area (Å²) in [7, 11) is 0. The lowest BCUT2D eigenvalue weighted by Gasteiger charge is -2.39. The standard InChI is InChI=1S/C25H22ClNO4/c1-2-30-19-12-13-20-22(14-19)31-25(17-8-10-18(26)11-9-17)21(16-6-4-3-5-7-16)15-23(27-29)24(20,25)28/h3-14,21,28-29H,2,15H2,1H3/t21-,24-,25-/m0/s1. The highest BCUT2D eigenvalue weighted by Crippen LogP contribution is 2.65. The summed E-state index contributed by atoms with van der Waals surface area (Å²) in [6.07, 6.45) is 0.340. The van der Waals surface area contributed by atoms with Gasteiger partial charge in [-0.2, -0.15) is 0 Å². The Kier molecular flexibility index (Phi) is 4.68. The number of oxime groups is 1. The molecule has 31 heavy (non-hydrogen) atoms. The number of fused-ring (bicyclic) bond motifs is 3. The van der Waals surface area contributed by atoms with Crippen LogP contribution in [0.5, 0.6) is 11.5 Å². The zero-order chi connectivity index (χ0) is 21.6. The van der Waals surface area contributed by atoms with E-state index in [0.29, 0.717) is 35.1 Å². The predicted molar refractivity (Wildman–Crippen MR) is 118 cm³/mol. The summed E-state index contributed by atoms with van der Waals surface area (Å²) in [5.74, 6) is 0.855. The summed E-state index contributed by atoms with van der Waals surface area (Å²) in [6, 6.07) is 22.5. The van der Waals surface area contributed by atoms with E-state index in [1.165, 1.54) is 0 Å². The van der Waals surface area contributed by atoms with E-state index in [4.69, 9.17) is 21.1 Å². The molecule has 0 saturated heterocycles. The van der Waals surface area contributed by atoms with Crippen molar-refractivity contribution in [2.24, 2.45) is 5.16 Å². The van der Waals surface area contributed by atoms with Gasteiger partial charge >= 0.3 is 0 Å². The molecule has 0 radical (unpaired) electrons. The van der Waals surface area contributed by atoms with Gasteiger partial charge in [0.25, 0.3) is 0 Å². The van der Waals surface area contributed by atoms with Crippen molar-refractivity contribution in [1.29, 1.82) is 0 Å². The second kappa shape index (κ2) is 7.29. The maximum absolute atomic E-state index is 12.3. The van der Waals surface area contributed by atoms with Crippen molar-refractivity contribution >= 4 is 17.3 Å². The van der Waals surface area contributed by atoms with Crippen molar-refractivity contribution in [1.82, 2.24) is 0 Å². The average Bonchev–Trinajstić information content (AvgIpc) is 3.19. The normalized spacial score (nSPS) is 27.6. The zero-order valence-electron chi connectivity index (χ0n) is 17.0. The lowest BCUT2D eigenvalue weighted by molar-refractivity contribution is -0.0749. The molecule has 6 heteroatoms. The van der Waals surface area contributed by atoms with E-state index in [9.17, 15) is 10.3 Å². The van der Waals surface area contributed by atoms with Crippen LogP contribution in [0.4, 0.5) is 0 Å². The fourth-order valence-corrected chi connectivity index (χ4v) is 5.21. The molecule has 0 unspecified atom stereocenters. The molecule has 3 atom stereocenters. The lowest BCUT2D eigenvalue weighted by Crippen LogP contribution is -2.50. The van der Waals surface area contributed by atoms with Crippen LogP contribution in [-0.2, 0) is 11.2 Å². The quantitative estimate of drug-likeness (QED) is 0.434. The maximum atomic E-state index is 12.3. The second-order valence-corrected chi connectivity index (χ2v) is 8.30. The number of rotatable bonds is 4. The van der Waals surface area contributed by atoms with Gasteiger partial charge in [-0.1, -0.05) is 59.2 Å². The number of halogens is 1. The fourth-order valence-electron chi connectivity index (χ4n) is 5.09. The van der Waals surface area contributed by atoms with E-state index in [2.05, 4.69) is 5.16 Å². The summed E-state index contributed by atoms with van der Waals surface area (Å²) < 4.78 is 12.3. The van der Waals surface area contributed by atoms with Crippen molar-refractivity contribution in [3.8, 4) is 11.5 Å². The third-order valence-corrected chi connectivity index (χ3v) is 6.62. The number of hydrogen-bond acceptors (Lipinski definition) is 5. The molecule has 0 aromatic heterocycles. The van der Waals surface area contributed by atoms with Gasteiger partial charge in [0.05, 0.1) is 12.3 Å². The Labute approximate surface area is 185 Å². The fraction of sp³-hybridized carbons (Fsp3) is 0.240. The monoisotopic (exact) mass is 435 g/mol. The molecule has 0 spiro atoms. The molecule has 5 nitrogen and oxygen atoms in total. The van der Waals surface area contributed by atoms with Crippen LogP contribution in [0.15, 0.2) is 78.0 Å².